The molecule has 4 atom stereocenters. The number of nitrogens with zero attached hydrogens (tertiary/aromatic N) is 4. The number of nitrogens with one attached hydrogen (secondary N) is 2. The first-order valence-corrected chi connectivity index (χ1v) is 12.4. The van der Waals surface area contributed by atoms with Gasteiger partial charge in [-0.15, -0.1) is 0 Å². The summed E-state index contributed by atoms with van der Waals surface area (Å²) >= 11 is 0. The fourth-order valence-electron chi connectivity index (χ4n) is 6.19. The Bertz CT molecular complexity index is 1030. The summed E-state index contributed by atoms with van der Waals surface area (Å²) in [5.41, 5.74) is 3.88. The number of carbonyl (C=O) groups is 1. The lowest BCUT2D eigenvalue weighted by Crippen LogP contribution is -2.56. The maximum Gasteiger partial charge on any atom is 0.319 e. The molecule has 7 nitrogen and oxygen atoms in total. The van der Waals surface area contributed by atoms with E-state index in [0.717, 1.165) is 19.5 Å². The maximum atomic E-state index is 12.4. The van der Waals surface area contributed by atoms with Crippen molar-refractivity contribution in [2.24, 2.45) is 13.0 Å². The van der Waals surface area contributed by atoms with Gasteiger partial charge in [-0.3, -0.25) is 9.58 Å². The SMILES string of the molecule is Cn1nc(C2CCCCC2)cc1[C@H]1CN2CC[C@H]1C[C@@H]2CNC(=O)Nc1cccc(C#N)c1. The number of aromatic nitrogens is 2. The molecule has 2 aromatic rings. The van der Waals surface area contributed by atoms with Crippen molar-refractivity contribution < 1.29 is 4.79 Å². The highest BCUT2D eigenvalue weighted by atomic mass is 16.2. The third-order valence-corrected chi connectivity index (χ3v) is 7.96. The number of benzene rings is 1. The second kappa shape index (κ2) is 9.56. The molecule has 2 amide bonds. The van der Waals surface area contributed by atoms with Gasteiger partial charge in [-0.2, -0.15) is 10.4 Å². The molecule has 6 rings (SSSR count). The van der Waals surface area contributed by atoms with Crippen LogP contribution < -0.4 is 10.6 Å². The summed E-state index contributed by atoms with van der Waals surface area (Å²) < 4.78 is 2.15. The van der Waals surface area contributed by atoms with Gasteiger partial charge in [0.1, 0.15) is 0 Å². The van der Waals surface area contributed by atoms with E-state index in [0.29, 0.717) is 41.6 Å². The molecular weight excluding hydrogens is 412 g/mol. The van der Waals surface area contributed by atoms with Crippen LogP contribution in [-0.4, -0.2) is 46.4 Å². The minimum Gasteiger partial charge on any atom is -0.336 e. The molecule has 4 aliphatic rings. The predicted molar refractivity (Wildman–Crippen MR) is 128 cm³/mol. The van der Waals surface area contributed by atoms with E-state index >= 15 is 0 Å². The Balaban J connectivity index is 1.17. The summed E-state index contributed by atoms with van der Waals surface area (Å²) in [5.74, 6) is 1.82. The molecule has 0 spiro atoms. The van der Waals surface area contributed by atoms with Crippen LogP contribution in [0.3, 0.4) is 0 Å². The number of amides is 2. The zero-order valence-electron chi connectivity index (χ0n) is 19.5. The van der Waals surface area contributed by atoms with Crippen LogP contribution in [0.25, 0.3) is 0 Å². The molecule has 3 saturated heterocycles. The molecule has 33 heavy (non-hydrogen) atoms. The molecule has 1 aromatic carbocycles. The summed E-state index contributed by atoms with van der Waals surface area (Å²) in [5, 5.41) is 19.9. The lowest BCUT2D eigenvalue weighted by atomic mass is 9.74. The number of anilines is 1. The van der Waals surface area contributed by atoms with Gasteiger partial charge in [0.15, 0.2) is 0 Å². The number of carbonyl (C=O) groups excluding carboxylic acids is 1. The van der Waals surface area contributed by atoms with Crippen LogP contribution in [0, 0.1) is 17.2 Å². The molecular formula is C26H34N6O. The Labute approximate surface area is 196 Å². The Morgan fingerprint density at radius 1 is 1.21 bits per heavy atom. The predicted octanol–water partition coefficient (Wildman–Crippen LogP) is 4.34. The van der Waals surface area contributed by atoms with Gasteiger partial charge in [0.05, 0.1) is 17.3 Å². The summed E-state index contributed by atoms with van der Waals surface area (Å²) in [6.45, 7) is 2.80. The molecule has 4 fully saturated rings. The molecule has 7 heteroatoms. The summed E-state index contributed by atoms with van der Waals surface area (Å²) in [7, 11) is 2.12. The Hall–Kier alpha value is -2.85. The Morgan fingerprint density at radius 2 is 2.06 bits per heavy atom. The lowest BCUT2D eigenvalue weighted by molar-refractivity contribution is 0.0296. The monoisotopic (exact) mass is 446 g/mol. The summed E-state index contributed by atoms with van der Waals surface area (Å²) in [6, 6.07) is 11.7. The van der Waals surface area contributed by atoms with E-state index in [1.165, 1.54) is 49.9 Å². The second-order valence-corrected chi connectivity index (χ2v) is 10.0. The van der Waals surface area contributed by atoms with Crippen LogP contribution in [0.5, 0.6) is 0 Å². The van der Waals surface area contributed by atoms with E-state index in [2.05, 4.69) is 39.4 Å². The number of hydrogen-bond donors (Lipinski definition) is 2. The molecule has 0 radical (unpaired) electrons. The van der Waals surface area contributed by atoms with Crippen LogP contribution in [0.2, 0.25) is 0 Å². The number of fused-ring (bicyclic) bond motifs is 3. The third-order valence-electron chi connectivity index (χ3n) is 7.96. The van der Waals surface area contributed by atoms with Crippen molar-refractivity contribution in [2.45, 2.75) is 62.8 Å². The van der Waals surface area contributed by atoms with Crippen LogP contribution >= 0.6 is 0 Å². The fraction of sp³-hybridized carbons (Fsp3) is 0.577. The Morgan fingerprint density at radius 3 is 2.82 bits per heavy atom. The number of urea groups is 1. The van der Waals surface area contributed by atoms with Gasteiger partial charge in [-0.25, -0.2) is 4.79 Å². The molecule has 1 unspecified atom stereocenters. The quantitative estimate of drug-likeness (QED) is 0.715. The highest BCUT2D eigenvalue weighted by Crippen LogP contribution is 2.42. The molecule has 2 N–H and O–H groups in total. The van der Waals surface area contributed by atoms with Crippen molar-refractivity contribution in [1.29, 1.82) is 5.26 Å². The van der Waals surface area contributed by atoms with Gasteiger partial charge in [0, 0.05) is 49.4 Å². The van der Waals surface area contributed by atoms with Crippen molar-refractivity contribution in [2.75, 3.05) is 25.0 Å². The van der Waals surface area contributed by atoms with Gasteiger partial charge in [0.25, 0.3) is 0 Å². The molecule has 174 valence electrons. The van der Waals surface area contributed by atoms with E-state index in [1.807, 2.05) is 0 Å². The number of nitriles is 1. The highest BCUT2D eigenvalue weighted by Gasteiger charge is 2.42. The smallest absolute Gasteiger partial charge is 0.319 e. The van der Waals surface area contributed by atoms with Gasteiger partial charge in [-0.05, 0) is 62.4 Å². The molecule has 4 heterocycles. The number of aryl methyl sites for hydroxylation is 1. The van der Waals surface area contributed by atoms with Crippen LogP contribution in [0.1, 0.15) is 73.7 Å². The summed E-state index contributed by atoms with van der Waals surface area (Å²) in [4.78, 5) is 15.0. The van der Waals surface area contributed by atoms with Crippen LogP contribution in [-0.2, 0) is 7.05 Å². The molecule has 1 aliphatic carbocycles. The second-order valence-electron chi connectivity index (χ2n) is 10.0. The topological polar surface area (TPSA) is 86.0 Å². The van der Waals surface area contributed by atoms with Gasteiger partial charge in [0.2, 0.25) is 0 Å². The Kier molecular flexibility index (Phi) is 6.37. The number of rotatable bonds is 5. The zero-order chi connectivity index (χ0) is 22.8. The summed E-state index contributed by atoms with van der Waals surface area (Å²) in [6.07, 6.45) is 8.94. The fourth-order valence-corrected chi connectivity index (χ4v) is 6.19. The zero-order valence-corrected chi connectivity index (χ0v) is 19.5. The minimum atomic E-state index is -0.215. The maximum absolute atomic E-state index is 12.4. The van der Waals surface area contributed by atoms with Gasteiger partial charge >= 0.3 is 6.03 Å². The van der Waals surface area contributed by atoms with Crippen molar-refractivity contribution >= 4 is 11.7 Å². The highest BCUT2D eigenvalue weighted by molar-refractivity contribution is 5.89. The van der Waals surface area contributed by atoms with E-state index in [-0.39, 0.29) is 6.03 Å². The van der Waals surface area contributed by atoms with Crippen molar-refractivity contribution in [3.63, 3.8) is 0 Å². The number of hydrogen-bond acceptors (Lipinski definition) is 4. The van der Waals surface area contributed by atoms with Crippen molar-refractivity contribution in [3.8, 4) is 6.07 Å². The van der Waals surface area contributed by atoms with Crippen LogP contribution in [0.15, 0.2) is 30.3 Å². The largest absolute Gasteiger partial charge is 0.336 e. The molecule has 1 aromatic heterocycles. The molecule has 2 bridgehead atoms. The van der Waals surface area contributed by atoms with E-state index in [1.54, 1.807) is 24.3 Å². The first-order chi connectivity index (χ1) is 16.1. The molecule has 3 aliphatic heterocycles. The van der Waals surface area contributed by atoms with Crippen molar-refractivity contribution in [3.05, 3.63) is 47.3 Å². The number of piperidine rings is 3. The van der Waals surface area contributed by atoms with Crippen LogP contribution in [0.4, 0.5) is 10.5 Å². The van der Waals surface area contributed by atoms with Crippen molar-refractivity contribution in [1.82, 2.24) is 20.0 Å². The minimum absolute atomic E-state index is 0.215. The molecule has 1 saturated carbocycles. The normalized spacial score (nSPS) is 27.2. The average Bonchev–Trinajstić information content (AvgIpc) is 3.25. The first-order valence-electron chi connectivity index (χ1n) is 12.4. The lowest BCUT2D eigenvalue weighted by Gasteiger charge is -2.49. The first kappa shape index (κ1) is 22.0. The van der Waals surface area contributed by atoms with E-state index < -0.39 is 0 Å². The van der Waals surface area contributed by atoms with Gasteiger partial charge in [-0.1, -0.05) is 25.3 Å². The van der Waals surface area contributed by atoms with E-state index in [4.69, 9.17) is 10.4 Å². The third kappa shape index (κ3) is 4.77. The van der Waals surface area contributed by atoms with Gasteiger partial charge < -0.3 is 10.6 Å². The van der Waals surface area contributed by atoms with E-state index in [9.17, 15) is 4.79 Å². The average molecular weight is 447 g/mol. The standard InChI is InChI=1S/C26H34N6O/c1-31-25(14-24(30-31)19-7-3-2-4-8-19)23-17-32-11-10-20(23)13-22(32)16-28-26(33)29-21-9-5-6-18(12-21)15-27/h5-6,9,12,14,19-20,22-23H,2-4,7-8,10-11,13,16-17H2,1H3,(H2,28,29,33)/t20-,22+,23-/m0/s1.